The largest absolute Gasteiger partial charge is 0.389 e. The van der Waals surface area contributed by atoms with Gasteiger partial charge in [-0.05, 0) is 17.7 Å². The Morgan fingerprint density at radius 1 is 1.43 bits per heavy atom. The number of hydrogen-bond donors (Lipinski definition) is 3. The fourth-order valence-electron chi connectivity index (χ4n) is 1.84. The molecular weight excluding hydrogens is 292 g/mol. The second-order valence-electron chi connectivity index (χ2n) is 5.57. The number of halogens is 1. The lowest BCUT2D eigenvalue weighted by atomic mass is 9.85. The Hall–Kier alpha value is -1.30. The van der Waals surface area contributed by atoms with Crippen molar-refractivity contribution in [3.05, 3.63) is 34.9 Å². The zero-order chi connectivity index (χ0) is 15.9. The molecule has 1 aromatic carbocycles. The number of nitrogens with one attached hydrogen (secondary N) is 2. The van der Waals surface area contributed by atoms with Crippen LogP contribution in [0.1, 0.15) is 19.4 Å². The van der Waals surface area contributed by atoms with E-state index in [1.54, 1.807) is 0 Å². The van der Waals surface area contributed by atoms with E-state index in [2.05, 4.69) is 10.6 Å². The number of ether oxygens (including phenoxy) is 1. The summed E-state index contributed by atoms with van der Waals surface area (Å²) in [5.41, 5.74) is 0.808. The van der Waals surface area contributed by atoms with E-state index in [-0.39, 0.29) is 24.6 Å². The summed E-state index contributed by atoms with van der Waals surface area (Å²) in [5, 5.41) is 15.5. The summed E-state index contributed by atoms with van der Waals surface area (Å²) >= 11 is 5.99. The molecule has 1 unspecified atom stereocenters. The molecule has 5 nitrogen and oxygen atoms in total. The Labute approximate surface area is 130 Å². The number of hydrogen-bond acceptors (Lipinski definition) is 3. The van der Waals surface area contributed by atoms with Gasteiger partial charge in [-0.2, -0.15) is 0 Å². The molecular formula is C15H23ClN2O3. The first-order valence-electron chi connectivity index (χ1n) is 6.80. The first-order chi connectivity index (χ1) is 9.85. The minimum Gasteiger partial charge on any atom is -0.389 e. The highest BCUT2D eigenvalue weighted by Crippen LogP contribution is 2.24. The van der Waals surface area contributed by atoms with Crippen LogP contribution in [0.15, 0.2) is 24.3 Å². The van der Waals surface area contributed by atoms with E-state index in [9.17, 15) is 9.90 Å². The summed E-state index contributed by atoms with van der Waals surface area (Å²) in [4.78, 5) is 11.7. The first-order valence-corrected chi connectivity index (χ1v) is 7.17. The van der Waals surface area contributed by atoms with Crippen molar-refractivity contribution in [3.8, 4) is 0 Å². The van der Waals surface area contributed by atoms with Crippen molar-refractivity contribution in [2.75, 3.05) is 26.8 Å². The molecule has 0 aromatic heterocycles. The van der Waals surface area contributed by atoms with Gasteiger partial charge in [0, 0.05) is 30.6 Å². The Balaban J connectivity index is 2.44. The van der Waals surface area contributed by atoms with Crippen LogP contribution in [0, 0.1) is 0 Å². The maximum Gasteiger partial charge on any atom is 0.314 e. The van der Waals surface area contributed by atoms with Crippen molar-refractivity contribution in [2.45, 2.75) is 25.4 Å². The van der Waals surface area contributed by atoms with Gasteiger partial charge in [0.15, 0.2) is 0 Å². The molecule has 0 aliphatic rings. The molecule has 118 valence electrons. The third-order valence-corrected chi connectivity index (χ3v) is 3.39. The summed E-state index contributed by atoms with van der Waals surface area (Å²) in [7, 11) is 1.50. The summed E-state index contributed by atoms with van der Waals surface area (Å²) in [6.45, 7) is 4.85. The van der Waals surface area contributed by atoms with Gasteiger partial charge >= 0.3 is 6.03 Å². The van der Waals surface area contributed by atoms with E-state index in [1.807, 2.05) is 38.1 Å². The summed E-state index contributed by atoms with van der Waals surface area (Å²) < 4.78 is 4.78. The smallest absolute Gasteiger partial charge is 0.314 e. The van der Waals surface area contributed by atoms with Gasteiger partial charge in [-0.15, -0.1) is 0 Å². The minimum atomic E-state index is -0.707. The van der Waals surface area contributed by atoms with Crippen LogP contribution in [0.3, 0.4) is 0 Å². The van der Waals surface area contributed by atoms with E-state index in [1.165, 1.54) is 7.11 Å². The van der Waals surface area contributed by atoms with Crippen LogP contribution in [0.4, 0.5) is 4.79 Å². The van der Waals surface area contributed by atoms with Crippen LogP contribution in [0.5, 0.6) is 0 Å². The third-order valence-electron chi connectivity index (χ3n) is 3.15. The molecule has 0 radical (unpaired) electrons. The van der Waals surface area contributed by atoms with E-state index >= 15 is 0 Å². The lowest BCUT2D eigenvalue weighted by Crippen LogP contribution is -2.45. The quantitative estimate of drug-likeness (QED) is 0.720. The Kier molecular flexibility index (Phi) is 6.95. The SMILES string of the molecule is COCC(O)CNC(=O)NCC(C)(C)c1cccc(Cl)c1. The second kappa shape index (κ2) is 8.22. The standard InChI is InChI=1S/C15H23ClN2O3/c1-15(2,11-5-4-6-12(16)7-11)10-18-14(20)17-8-13(19)9-21-3/h4-7,13,19H,8-10H2,1-3H3,(H2,17,18,20). The Morgan fingerprint density at radius 3 is 2.76 bits per heavy atom. The molecule has 1 rings (SSSR count). The first kappa shape index (κ1) is 17.8. The van der Waals surface area contributed by atoms with Crippen LogP contribution >= 0.6 is 11.6 Å². The number of urea groups is 1. The topological polar surface area (TPSA) is 70.6 Å². The van der Waals surface area contributed by atoms with E-state index in [4.69, 9.17) is 16.3 Å². The monoisotopic (exact) mass is 314 g/mol. The van der Waals surface area contributed by atoms with Crippen molar-refractivity contribution < 1.29 is 14.6 Å². The van der Waals surface area contributed by atoms with Gasteiger partial charge in [-0.1, -0.05) is 37.6 Å². The van der Waals surface area contributed by atoms with Gasteiger partial charge in [0.2, 0.25) is 0 Å². The maximum absolute atomic E-state index is 11.7. The number of carbonyl (C=O) groups excluding carboxylic acids is 1. The van der Waals surface area contributed by atoms with E-state index in [0.717, 1.165) is 5.56 Å². The minimum absolute atomic E-state index is 0.150. The molecule has 1 aromatic rings. The molecule has 6 heteroatoms. The summed E-state index contributed by atoms with van der Waals surface area (Å²) in [5.74, 6) is 0. The molecule has 3 N–H and O–H groups in total. The van der Waals surface area contributed by atoms with Crippen molar-refractivity contribution >= 4 is 17.6 Å². The predicted molar refractivity (Wildman–Crippen MR) is 83.8 cm³/mol. The zero-order valence-electron chi connectivity index (χ0n) is 12.6. The van der Waals surface area contributed by atoms with E-state index in [0.29, 0.717) is 11.6 Å². The van der Waals surface area contributed by atoms with Gasteiger partial charge in [-0.3, -0.25) is 0 Å². The number of aliphatic hydroxyl groups is 1. The molecule has 0 aliphatic carbocycles. The van der Waals surface area contributed by atoms with Crippen LogP contribution < -0.4 is 10.6 Å². The molecule has 0 fully saturated rings. The molecule has 21 heavy (non-hydrogen) atoms. The predicted octanol–water partition coefficient (Wildman–Crippen LogP) is 1.92. The Morgan fingerprint density at radius 2 is 2.14 bits per heavy atom. The number of carbonyl (C=O) groups is 1. The van der Waals surface area contributed by atoms with Crippen molar-refractivity contribution in [1.82, 2.24) is 10.6 Å². The van der Waals surface area contributed by atoms with Crippen LogP contribution in [-0.2, 0) is 10.2 Å². The van der Waals surface area contributed by atoms with Crippen LogP contribution in [-0.4, -0.2) is 44.0 Å². The van der Waals surface area contributed by atoms with Gasteiger partial charge < -0.3 is 20.5 Å². The highest BCUT2D eigenvalue weighted by atomic mass is 35.5. The lowest BCUT2D eigenvalue weighted by Gasteiger charge is -2.26. The molecule has 0 heterocycles. The fraction of sp³-hybridized carbons (Fsp3) is 0.533. The number of amides is 2. The molecule has 0 saturated heterocycles. The van der Waals surface area contributed by atoms with E-state index < -0.39 is 6.10 Å². The molecule has 0 aliphatic heterocycles. The van der Waals surface area contributed by atoms with Gasteiger partial charge in [0.1, 0.15) is 0 Å². The number of benzene rings is 1. The third kappa shape index (κ3) is 6.33. The molecule has 0 spiro atoms. The number of aliphatic hydroxyl groups excluding tert-OH is 1. The fourth-order valence-corrected chi connectivity index (χ4v) is 2.03. The average molecular weight is 315 g/mol. The maximum atomic E-state index is 11.7. The number of rotatable bonds is 7. The summed E-state index contributed by atoms with van der Waals surface area (Å²) in [6.07, 6.45) is -0.707. The van der Waals surface area contributed by atoms with Gasteiger partial charge in [0.25, 0.3) is 0 Å². The highest BCUT2D eigenvalue weighted by Gasteiger charge is 2.21. The molecule has 1 atom stereocenters. The number of methoxy groups -OCH3 is 1. The normalized spacial score (nSPS) is 12.8. The van der Waals surface area contributed by atoms with Gasteiger partial charge in [0.05, 0.1) is 12.7 Å². The van der Waals surface area contributed by atoms with Gasteiger partial charge in [-0.25, -0.2) is 4.79 Å². The summed E-state index contributed by atoms with van der Waals surface area (Å²) in [6, 6.07) is 7.26. The van der Waals surface area contributed by atoms with Crippen molar-refractivity contribution in [2.24, 2.45) is 0 Å². The zero-order valence-corrected chi connectivity index (χ0v) is 13.4. The van der Waals surface area contributed by atoms with Crippen LogP contribution in [0.2, 0.25) is 5.02 Å². The highest BCUT2D eigenvalue weighted by molar-refractivity contribution is 6.30. The molecule has 2 amide bonds. The van der Waals surface area contributed by atoms with Crippen molar-refractivity contribution in [3.63, 3.8) is 0 Å². The molecule has 0 bridgehead atoms. The second-order valence-corrected chi connectivity index (χ2v) is 6.00. The molecule has 0 saturated carbocycles. The Bertz CT molecular complexity index is 466. The average Bonchev–Trinajstić information content (AvgIpc) is 2.43. The lowest BCUT2D eigenvalue weighted by molar-refractivity contribution is 0.0659. The van der Waals surface area contributed by atoms with Crippen LogP contribution in [0.25, 0.3) is 0 Å². The van der Waals surface area contributed by atoms with Crippen molar-refractivity contribution in [1.29, 1.82) is 0 Å².